The molecule has 2 aromatic rings. The number of amides is 2. The highest BCUT2D eigenvalue weighted by Crippen LogP contribution is 2.25. The van der Waals surface area contributed by atoms with E-state index in [1.165, 1.54) is 33.5 Å². The van der Waals surface area contributed by atoms with Crippen LogP contribution in [0.15, 0.2) is 59.5 Å². The van der Waals surface area contributed by atoms with Crippen molar-refractivity contribution in [3.05, 3.63) is 59.6 Å². The number of benzene rings is 2. The molecule has 1 N–H and O–H groups in total. The molecule has 1 aliphatic rings. The summed E-state index contributed by atoms with van der Waals surface area (Å²) in [5, 5.41) is 3.19. The predicted molar refractivity (Wildman–Crippen MR) is 116 cm³/mol. The van der Waals surface area contributed by atoms with Crippen LogP contribution in [-0.2, 0) is 19.6 Å². The Morgan fingerprint density at radius 1 is 1.13 bits per heavy atom. The fourth-order valence-corrected chi connectivity index (χ4v) is 5.09. The lowest BCUT2D eigenvalue weighted by atomic mass is 9.98. The summed E-state index contributed by atoms with van der Waals surface area (Å²) in [6, 6.07) is 15.0. The quantitative estimate of drug-likeness (QED) is 0.734. The number of hydrogen-bond donors (Lipinski definition) is 1. The van der Waals surface area contributed by atoms with Crippen LogP contribution in [0, 0.1) is 5.92 Å². The second-order valence-corrected chi connectivity index (χ2v) is 9.64. The van der Waals surface area contributed by atoms with E-state index in [9.17, 15) is 18.0 Å². The summed E-state index contributed by atoms with van der Waals surface area (Å²) in [7, 11) is -2.15. The van der Waals surface area contributed by atoms with E-state index in [1.807, 2.05) is 18.2 Å². The van der Waals surface area contributed by atoms with Gasteiger partial charge in [0.1, 0.15) is 0 Å². The maximum absolute atomic E-state index is 12.9. The van der Waals surface area contributed by atoms with E-state index < -0.39 is 15.9 Å². The molecular formula is C21H24ClN3O4S. The molecule has 2 aromatic carbocycles. The van der Waals surface area contributed by atoms with Crippen LogP contribution in [-0.4, -0.2) is 56.1 Å². The summed E-state index contributed by atoms with van der Waals surface area (Å²) >= 11 is 5.85. The average molecular weight is 450 g/mol. The second-order valence-electron chi connectivity index (χ2n) is 7.26. The van der Waals surface area contributed by atoms with E-state index in [0.717, 1.165) is 0 Å². The Morgan fingerprint density at radius 3 is 2.47 bits per heavy atom. The minimum absolute atomic E-state index is 0.0917. The molecule has 1 atom stereocenters. The van der Waals surface area contributed by atoms with E-state index in [0.29, 0.717) is 30.1 Å². The van der Waals surface area contributed by atoms with Gasteiger partial charge < -0.3 is 10.2 Å². The molecule has 30 heavy (non-hydrogen) atoms. The Balaban J connectivity index is 1.62. The number of nitrogens with one attached hydrogen (secondary N) is 1. The molecule has 160 valence electrons. The number of para-hydroxylation sites is 1. The van der Waals surface area contributed by atoms with Gasteiger partial charge in [-0.05, 0) is 49.2 Å². The van der Waals surface area contributed by atoms with Crippen LogP contribution in [0.5, 0.6) is 0 Å². The topological polar surface area (TPSA) is 86.8 Å². The fraction of sp³-hybridized carbons (Fsp3) is 0.333. The van der Waals surface area contributed by atoms with Gasteiger partial charge in [0.15, 0.2) is 0 Å². The number of hydrogen-bond acceptors (Lipinski definition) is 4. The third kappa shape index (κ3) is 5.38. The van der Waals surface area contributed by atoms with Crippen molar-refractivity contribution < 1.29 is 18.0 Å². The molecule has 1 fully saturated rings. The standard InChI is InChI=1S/C21H24ClN3O4S/c1-24(15-20(26)23-18-7-3-2-4-8-18)21(27)16-6-5-13-25(14-16)30(28,29)19-11-9-17(22)10-12-19/h2-4,7-12,16H,5-6,13-15H2,1H3,(H,23,26). The molecule has 0 saturated carbocycles. The maximum Gasteiger partial charge on any atom is 0.243 e. The molecule has 3 rings (SSSR count). The first-order valence-electron chi connectivity index (χ1n) is 9.63. The van der Waals surface area contributed by atoms with Crippen molar-refractivity contribution in [1.82, 2.24) is 9.21 Å². The molecule has 0 radical (unpaired) electrons. The van der Waals surface area contributed by atoms with E-state index in [1.54, 1.807) is 19.2 Å². The van der Waals surface area contributed by atoms with Crippen LogP contribution in [0.2, 0.25) is 5.02 Å². The Kier molecular flexibility index (Phi) is 7.12. The van der Waals surface area contributed by atoms with Gasteiger partial charge in [-0.3, -0.25) is 9.59 Å². The molecule has 9 heteroatoms. The van der Waals surface area contributed by atoms with Crippen molar-refractivity contribution in [3.63, 3.8) is 0 Å². The van der Waals surface area contributed by atoms with Gasteiger partial charge in [-0.25, -0.2) is 8.42 Å². The Morgan fingerprint density at radius 2 is 1.80 bits per heavy atom. The third-order valence-corrected chi connectivity index (χ3v) is 7.13. The fourth-order valence-electron chi connectivity index (χ4n) is 3.44. The normalized spacial score (nSPS) is 17.3. The van der Waals surface area contributed by atoms with Gasteiger partial charge in [0, 0.05) is 30.8 Å². The molecule has 2 amide bonds. The largest absolute Gasteiger partial charge is 0.336 e. The Hall–Kier alpha value is -2.42. The van der Waals surface area contributed by atoms with E-state index in [2.05, 4.69) is 5.32 Å². The van der Waals surface area contributed by atoms with Crippen LogP contribution in [0.3, 0.4) is 0 Å². The van der Waals surface area contributed by atoms with Gasteiger partial charge in [-0.1, -0.05) is 29.8 Å². The first-order valence-corrected chi connectivity index (χ1v) is 11.4. The monoisotopic (exact) mass is 449 g/mol. The summed E-state index contributed by atoms with van der Waals surface area (Å²) in [5.74, 6) is -1.04. The highest BCUT2D eigenvalue weighted by Gasteiger charge is 2.34. The summed E-state index contributed by atoms with van der Waals surface area (Å²) < 4.78 is 27.2. The minimum atomic E-state index is -3.71. The van der Waals surface area contributed by atoms with Crippen LogP contribution < -0.4 is 5.32 Å². The number of halogens is 1. The minimum Gasteiger partial charge on any atom is -0.336 e. The summed E-state index contributed by atoms with van der Waals surface area (Å²) in [6.07, 6.45) is 1.16. The molecule has 0 aromatic heterocycles. The average Bonchev–Trinajstić information content (AvgIpc) is 2.74. The smallest absolute Gasteiger partial charge is 0.243 e. The number of carbonyl (C=O) groups is 2. The third-order valence-electron chi connectivity index (χ3n) is 5.00. The summed E-state index contributed by atoms with van der Waals surface area (Å²) in [5.41, 5.74) is 0.654. The van der Waals surface area contributed by atoms with Crippen LogP contribution in [0.4, 0.5) is 5.69 Å². The molecule has 1 heterocycles. The highest BCUT2D eigenvalue weighted by atomic mass is 35.5. The van der Waals surface area contributed by atoms with Gasteiger partial charge in [0.05, 0.1) is 17.4 Å². The molecule has 0 bridgehead atoms. The van der Waals surface area contributed by atoms with Gasteiger partial charge >= 0.3 is 0 Å². The van der Waals surface area contributed by atoms with Crippen LogP contribution in [0.25, 0.3) is 0 Å². The Bertz CT molecular complexity index is 997. The summed E-state index contributed by atoms with van der Waals surface area (Å²) in [4.78, 5) is 26.6. The van der Waals surface area contributed by atoms with Crippen molar-refractivity contribution in [1.29, 1.82) is 0 Å². The predicted octanol–water partition coefficient (Wildman–Crippen LogP) is 2.84. The van der Waals surface area contributed by atoms with Gasteiger partial charge in [0.25, 0.3) is 0 Å². The van der Waals surface area contributed by atoms with Crippen molar-refractivity contribution in [2.24, 2.45) is 5.92 Å². The van der Waals surface area contributed by atoms with E-state index in [-0.39, 0.29) is 29.8 Å². The first-order chi connectivity index (χ1) is 14.3. The number of piperidine rings is 1. The number of carbonyl (C=O) groups excluding carboxylic acids is 2. The Labute approximate surface area is 181 Å². The summed E-state index contributed by atoms with van der Waals surface area (Å²) in [6.45, 7) is 0.343. The van der Waals surface area contributed by atoms with Gasteiger partial charge in [0.2, 0.25) is 21.8 Å². The molecule has 1 aliphatic heterocycles. The zero-order chi connectivity index (χ0) is 21.7. The van der Waals surface area contributed by atoms with Crippen LogP contribution in [0.1, 0.15) is 12.8 Å². The maximum atomic E-state index is 12.9. The lowest BCUT2D eigenvalue weighted by Crippen LogP contribution is -2.47. The van der Waals surface area contributed by atoms with Crippen molar-refractivity contribution >= 4 is 39.1 Å². The van der Waals surface area contributed by atoms with Crippen LogP contribution >= 0.6 is 11.6 Å². The SMILES string of the molecule is CN(CC(=O)Nc1ccccc1)C(=O)C1CCCN(S(=O)(=O)c2ccc(Cl)cc2)C1. The lowest BCUT2D eigenvalue weighted by Gasteiger charge is -2.33. The lowest BCUT2D eigenvalue weighted by molar-refractivity contribution is -0.138. The van der Waals surface area contributed by atoms with E-state index >= 15 is 0 Å². The number of likely N-dealkylation sites (N-methyl/N-ethyl adjacent to an activating group) is 1. The van der Waals surface area contributed by atoms with Crippen molar-refractivity contribution in [2.45, 2.75) is 17.7 Å². The molecule has 7 nitrogen and oxygen atoms in total. The highest BCUT2D eigenvalue weighted by molar-refractivity contribution is 7.89. The molecule has 0 spiro atoms. The first kappa shape index (κ1) is 22.3. The van der Waals surface area contributed by atoms with E-state index in [4.69, 9.17) is 11.6 Å². The molecular weight excluding hydrogens is 426 g/mol. The van der Waals surface area contributed by atoms with Gasteiger partial charge in [-0.2, -0.15) is 4.31 Å². The van der Waals surface area contributed by atoms with Gasteiger partial charge in [-0.15, -0.1) is 0 Å². The zero-order valence-corrected chi connectivity index (χ0v) is 18.2. The van der Waals surface area contributed by atoms with Crippen molar-refractivity contribution in [2.75, 3.05) is 32.0 Å². The molecule has 1 unspecified atom stereocenters. The molecule has 1 saturated heterocycles. The number of anilines is 1. The molecule has 0 aliphatic carbocycles. The number of rotatable bonds is 6. The second kappa shape index (κ2) is 9.59. The number of nitrogens with zero attached hydrogens (tertiary/aromatic N) is 2. The number of sulfonamides is 1. The zero-order valence-electron chi connectivity index (χ0n) is 16.6. The van der Waals surface area contributed by atoms with Crippen molar-refractivity contribution in [3.8, 4) is 0 Å².